The summed E-state index contributed by atoms with van der Waals surface area (Å²) in [7, 11) is 1.42. The van der Waals surface area contributed by atoms with E-state index in [1.54, 1.807) is 6.92 Å². The summed E-state index contributed by atoms with van der Waals surface area (Å²) in [6.45, 7) is 2.22. The van der Waals surface area contributed by atoms with Gasteiger partial charge in [0.1, 0.15) is 0 Å². The van der Waals surface area contributed by atoms with Gasteiger partial charge in [0.25, 0.3) is 0 Å². The monoisotopic (exact) mass is 197 g/mol. The van der Waals surface area contributed by atoms with E-state index in [-0.39, 0.29) is 17.3 Å². The van der Waals surface area contributed by atoms with Crippen molar-refractivity contribution in [2.24, 2.45) is 0 Å². The van der Waals surface area contributed by atoms with Crippen LogP contribution in [-0.4, -0.2) is 29.8 Å². The van der Waals surface area contributed by atoms with E-state index in [4.69, 9.17) is 14.6 Å². The summed E-state index contributed by atoms with van der Waals surface area (Å²) >= 11 is 0. The van der Waals surface area contributed by atoms with Gasteiger partial charge in [-0.2, -0.15) is 4.98 Å². The average molecular weight is 197 g/mol. The highest BCUT2D eigenvalue weighted by Gasteiger charge is 2.08. The van der Waals surface area contributed by atoms with Gasteiger partial charge in [-0.3, -0.25) is 0 Å². The van der Waals surface area contributed by atoms with Crippen molar-refractivity contribution in [1.82, 2.24) is 4.98 Å². The number of carboxylic acid groups (broad SMARTS) is 1. The zero-order valence-corrected chi connectivity index (χ0v) is 7.98. The highest BCUT2D eigenvalue weighted by Crippen LogP contribution is 2.17. The largest absolute Gasteiger partial charge is 0.481 e. The van der Waals surface area contributed by atoms with E-state index in [1.807, 2.05) is 0 Å². The molecule has 5 heteroatoms. The Bertz CT molecular complexity index is 338. The first-order chi connectivity index (χ1) is 6.67. The first-order valence-electron chi connectivity index (χ1n) is 4.09. The molecule has 14 heavy (non-hydrogen) atoms. The minimum Gasteiger partial charge on any atom is -0.481 e. The fourth-order valence-electron chi connectivity index (χ4n) is 0.931. The molecule has 0 aliphatic carbocycles. The number of rotatable bonds is 4. The first-order valence-corrected chi connectivity index (χ1v) is 4.09. The molecule has 0 bridgehead atoms. The van der Waals surface area contributed by atoms with Crippen molar-refractivity contribution in [2.45, 2.75) is 6.92 Å². The maximum atomic E-state index is 10.7. The van der Waals surface area contributed by atoms with Crippen LogP contribution in [0.2, 0.25) is 0 Å². The van der Waals surface area contributed by atoms with Crippen molar-refractivity contribution in [3.63, 3.8) is 0 Å². The maximum absolute atomic E-state index is 10.7. The van der Waals surface area contributed by atoms with E-state index in [9.17, 15) is 4.79 Å². The number of carbonyl (C=O) groups is 1. The highest BCUT2D eigenvalue weighted by molar-refractivity contribution is 5.88. The van der Waals surface area contributed by atoms with Crippen LogP contribution >= 0.6 is 0 Å². The summed E-state index contributed by atoms with van der Waals surface area (Å²) in [4.78, 5) is 14.6. The Kier molecular flexibility index (Phi) is 3.28. The lowest BCUT2D eigenvalue weighted by atomic mass is 10.2. The first kappa shape index (κ1) is 10.3. The van der Waals surface area contributed by atoms with Gasteiger partial charge in [-0.1, -0.05) is 0 Å². The van der Waals surface area contributed by atoms with Gasteiger partial charge in [-0.15, -0.1) is 0 Å². The van der Waals surface area contributed by atoms with Crippen LogP contribution in [0.25, 0.3) is 0 Å². The highest BCUT2D eigenvalue weighted by atomic mass is 16.5. The van der Waals surface area contributed by atoms with Gasteiger partial charge in [0.05, 0.1) is 19.3 Å². The number of hydrogen-bond donors (Lipinski definition) is 1. The van der Waals surface area contributed by atoms with Gasteiger partial charge in [0.2, 0.25) is 11.8 Å². The molecular formula is C9H11NO4. The number of methoxy groups -OCH3 is 1. The second kappa shape index (κ2) is 4.45. The second-order valence-electron chi connectivity index (χ2n) is 2.47. The summed E-state index contributed by atoms with van der Waals surface area (Å²) in [5.74, 6) is -0.552. The summed E-state index contributed by atoms with van der Waals surface area (Å²) in [5, 5.41) is 8.76. The molecule has 1 aromatic heterocycles. The smallest absolute Gasteiger partial charge is 0.336 e. The van der Waals surface area contributed by atoms with E-state index in [0.717, 1.165) is 0 Å². The van der Waals surface area contributed by atoms with Crippen molar-refractivity contribution < 1.29 is 19.4 Å². The van der Waals surface area contributed by atoms with Gasteiger partial charge in [0.15, 0.2) is 0 Å². The van der Waals surface area contributed by atoms with Crippen LogP contribution in [0.1, 0.15) is 17.3 Å². The number of hydrogen-bond acceptors (Lipinski definition) is 4. The van der Waals surface area contributed by atoms with Crippen molar-refractivity contribution in [1.29, 1.82) is 0 Å². The van der Waals surface area contributed by atoms with Crippen molar-refractivity contribution in [2.75, 3.05) is 13.7 Å². The van der Waals surface area contributed by atoms with E-state index >= 15 is 0 Å². The van der Waals surface area contributed by atoms with Crippen LogP contribution in [0.4, 0.5) is 0 Å². The topological polar surface area (TPSA) is 68.7 Å². The molecule has 0 radical (unpaired) electrons. The second-order valence-corrected chi connectivity index (χ2v) is 2.47. The number of aromatic carboxylic acids is 1. The Balaban J connectivity index is 3.06. The summed E-state index contributed by atoms with van der Waals surface area (Å²) in [6, 6.07) is 2.69. The molecule has 1 N–H and O–H groups in total. The van der Waals surface area contributed by atoms with Gasteiger partial charge >= 0.3 is 5.97 Å². The molecular weight excluding hydrogens is 186 g/mol. The van der Waals surface area contributed by atoms with Crippen molar-refractivity contribution >= 4 is 5.97 Å². The number of pyridine rings is 1. The minimum absolute atomic E-state index is 0.0975. The molecule has 0 amide bonds. The Morgan fingerprint density at radius 2 is 2.14 bits per heavy atom. The summed E-state index contributed by atoms with van der Waals surface area (Å²) in [6.07, 6.45) is 0. The molecule has 0 fully saturated rings. The molecule has 0 aliphatic rings. The minimum atomic E-state index is -1.04. The summed E-state index contributed by atoms with van der Waals surface area (Å²) < 4.78 is 9.92. The Hall–Kier alpha value is -1.78. The van der Waals surface area contributed by atoms with Crippen LogP contribution in [0.5, 0.6) is 11.8 Å². The number of carboxylic acids is 1. The third-order valence-corrected chi connectivity index (χ3v) is 1.53. The maximum Gasteiger partial charge on any atom is 0.336 e. The van der Waals surface area contributed by atoms with Gasteiger partial charge in [0, 0.05) is 12.1 Å². The fraction of sp³-hybridized carbons (Fsp3) is 0.333. The van der Waals surface area contributed by atoms with Gasteiger partial charge < -0.3 is 14.6 Å². The molecule has 0 aromatic carbocycles. The molecule has 76 valence electrons. The van der Waals surface area contributed by atoms with E-state index < -0.39 is 5.97 Å². The predicted octanol–water partition coefficient (Wildman–Crippen LogP) is 1.19. The fourth-order valence-corrected chi connectivity index (χ4v) is 0.931. The predicted molar refractivity (Wildman–Crippen MR) is 48.9 cm³/mol. The van der Waals surface area contributed by atoms with E-state index in [2.05, 4.69) is 4.98 Å². The molecule has 5 nitrogen and oxygen atoms in total. The average Bonchev–Trinajstić information content (AvgIpc) is 2.17. The lowest BCUT2D eigenvalue weighted by Gasteiger charge is -2.05. The SMILES string of the molecule is CCOc1cc(C(=O)O)cc(OC)n1. The molecule has 0 unspecified atom stereocenters. The molecule has 1 aromatic rings. The van der Waals surface area contributed by atoms with Crippen LogP contribution < -0.4 is 9.47 Å². The van der Waals surface area contributed by atoms with E-state index in [0.29, 0.717) is 6.61 Å². The quantitative estimate of drug-likeness (QED) is 0.785. The molecule has 0 spiro atoms. The lowest BCUT2D eigenvalue weighted by molar-refractivity contribution is 0.0695. The molecule has 1 rings (SSSR count). The Labute approximate surface area is 81.3 Å². The zero-order valence-electron chi connectivity index (χ0n) is 7.98. The molecule has 0 aliphatic heterocycles. The third-order valence-electron chi connectivity index (χ3n) is 1.53. The molecule has 0 saturated heterocycles. The Morgan fingerprint density at radius 1 is 1.50 bits per heavy atom. The summed E-state index contributed by atoms with van der Waals surface area (Å²) in [5.41, 5.74) is 0.0975. The number of aromatic nitrogens is 1. The van der Waals surface area contributed by atoms with E-state index in [1.165, 1.54) is 19.2 Å². The Morgan fingerprint density at radius 3 is 2.64 bits per heavy atom. The third kappa shape index (κ3) is 2.35. The van der Waals surface area contributed by atoms with Crippen LogP contribution in [0.3, 0.4) is 0 Å². The van der Waals surface area contributed by atoms with Crippen molar-refractivity contribution in [3.05, 3.63) is 17.7 Å². The molecule has 0 saturated carbocycles. The molecule has 0 atom stereocenters. The number of nitrogens with zero attached hydrogens (tertiary/aromatic N) is 1. The van der Waals surface area contributed by atoms with Crippen molar-refractivity contribution in [3.8, 4) is 11.8 Å². The lowest BCUT2D eigenvalue weighted by Crippen LogP contribution is -2.02. The van der Waals surface area contributed by atoms with Crippen LogP contribution in [0, 0.1) is 0 Å². The van der Waals surface area contributed by atoms with Gasteiger partial charge in [-0.05, 0) is 6.92 Å². The molecule has 1 heterocycles. The number of ether oxygens (including phenoxy) is 2. The van der Waals surface area contributed by atoms with Crippen LogP contribution in [0.15, 0.2) is 12.1 Å². The van der Waals surface area contributed by atoms with Gasteiger partial charge in [-0.25, -0.2) is 4.79 Å². The van der Waals surface area contributed by atoms with Crippen LogP contribution in [-0.2, 0) is 0 Å². The standard InChI is InChI=1S/C9H11NO4/c1-3-14-8-5-6(9(11)12)4-7(10-8)13-2/h4-5H,3H2,1-2H3,(H,11,12). The normalized spacial score (nSPS) is 9.57. The zero-order chi connectivity index (χ0) is 10.6.